The van der Waals surface area contributed by atoms with E-state index >= 15 is 0 Å². The second kappa shape index (κ2) is 10.5. The van der Waals surface area contributed by atoms with Crippen molar-refractivity contribution in [1.29, 1.82) is 0 Å². The summed E-state index contributed by atoms with van der Waals surface area (Å²) < 4.78 is 0. The van der Waals surface area contributed by atoms with Crippen molar-refractivity contribution in [2.75, 3.05) is 0 Å². The summed E-state index contributed by atoms with van der Waals surface area (Å²) in [5.74, 6) is 0.525. The molecule has 0 unspecified atom stereocenters. The van der Waals surface area contributed by atoms with Crippen LogP contribution < -0.4 is 5.11 Å². The Balaban J connectivity index is 0. The van der Waals surface area contributed by atoms with Crippen molar-refractivity contribution < 1.29 is 9.90 Å². The van der Waals surface area contributed by atoms with Crippen LogP contribution in [0, 0.1) is 17.8 Å². The van der Waals surface area contributed by atoms with Crippen LogP contribution in [0.25, 0.3) is 0 Å². The molecule has 0 aromatic rings. The van der Waals surface area contributed by atoms with Crippen molar-refractivity contribution in [3.8, 4) is 0 Å². The van der Waals surface area contributed by atoms with E-state index in [9.17, 15) is 9.90 Å². The van der Waals surface area contributed by atoms with Crippen LogP contribution in [-0.4, -0.2) is 21.2 Å². The zero-order chi connectivity index (χ0) is 12.4. The predicted octanol–water partition coefficient (Wildman–Crippen LogP) is 2.23. The van der Waals surface area contributed by atoms with E-state index < -0.39 is 5.97 Å². The van der Waals surface area contributed by atoms with Gasteiger partial charge in [-0.2, -0.15) is 0 Å². The molecule has 88 valence electrons. The zero-order valence-corrected chi connectivity index (χ0v) is 12.2. The average molecular weight is 228 g/mol. The van der Waals surface area contributed by atoms with E-state index in [2.05, 4.69) is 27.7 Å². The van der Waals surface area contributed by atoms with Crippen molar-refractivity contribution in [2.45, 2.75) is 52.1 Å². The molecule has 15 heavy (non-hydrogen) atoms. The van der Waals surface area contributed by atoms with E-state index in [0.717, 1.165) is 27.1 Å². The topological polar surface area (TPSA) is 40.1 Å². The van der Waals surface area contributed by atoms with Crippen LogP contribution in [0.2, 0.25) is 10.6 Å². The first-order valence-corrected chi connectivity index (χ1v) is 7.43. The van der Waals surface area contributed by atoms with Gasteiger partial charge in [-0.3, -0.25) is 0 Å². The molecule has 0 N–H and O–H groups in total. The van der Waals surface area contributed by atoms with Crippen LogP contribution in [0.1, 0.15) is 41.5 Å². The Kier molecular flexibility index (Phi) is 12.2. The van der Waals surface area contributed by atoms with E-state index in [0.29, 0.717) is 0 Å². The first-order valence-electron chi connectivity index (χ1n) is 5.79. The quantitative estimate of drug-likeness (QED) is 0.677. The van der Waals surface area contributed by atoms with E-state index in [-0.39, 0.29) is 5.92 Å². The molecule has 0 fully saturated rings. The summed E-state index contributed by atoms with van der Waals surface area (Å²) in [5, 5.41) is 12.6. The van der Waals surface area contributed by atoms with Gasteiger partial charge >= 0.3 is 65.3 Å². The Morgan fingerprint density at radius 1 is 1.00 bits per heavy atom. The Labute approximate surface area is 101 Å². The third kappa shape index (κ3) is 20.2. The Hall–Kier alpha value is 0.00247. The molecule has 0 aromatic heterocycles. The Morgan fingerprint density at radius 2 is 1.27 bits per heavy atom. The molecule has 0 atom stereocenters. The molecule has 0 saturated carbocycles. The standard InChI is InChI=1S/C4H8O2.2C4H9.Al/c1-3(2)4(5)6;2*1-4(2)3;/h3H,1-2H3,(H,5,6);2*4H,1H2,2-3H3;/q;;;+1/p-1. The molecule has 0 spiro atoms. The van der Waals surface area contributed by atoms with Crippen LogP contribution in [-0.2, 0) is 4.79 Å². The molecule has 0 rings (SSSR count). The van der Waals surface area contributed by atoms with Gasteiger partial charge in [0.05, 0.1) is 0 Å². The SMILES string of the molecule is CC(C)C(=O)[O-].CC(C)[CH2][Al+][CH2]C(C)C. The summed E-state index contributed by atoms with van der Waals surface area (Å²) >= 11 is 0.755. The number of hydrogen-bond acceptors (Lipinski definition) is 2. The maximum atomic E-state index is 9.59. The molecule has 2 nitrogen and oxygen atoms in total. The van der Waals surface area contributed by atoms with Gasteiger partial charge in [-0.05, 0) is 5.92 Å². The summed E-state index contributed by atoms with van der Waals surface area (Å²) in [6.07, 6.45) is 0. The zero-order valence-electron chi connectivity index (χ0n) is 11.0. The summed E-state index contributed by atoms with van der Waals surface area (Å²) in [4.78, 5) is 9.59. The van der Waals surface area contributed by atoms with E-state index in [1.54, 1.807) is 13.8 Å². The van der Waals surface area contributed by atoms with Gasteiger partial charge in [0.15, 0.2) is 0 Å². The van der Waals surface area contributed by atoms with Crippen LogP contribution in [0.3, 0.4) is 0 Å². The van der Waals surface area contributed by atoms with E-state index in [4.69, 9.17) is 0 Å². The molecule has 0 saturated heterocycles. The molecule has 0 aliphatic heterocycles. The molecule has 0 aliphatic carbocycles. The van der Waals surface area contributed by atoms with Crippen LogP contribution in [0.5, 0.6) is 0 Å². The van der Waals surface area contributed by atoms with Gasteiger partial charge in [-0.1, -0.05) is 13.8 Å². The molecule has 0 aliphatic rings. The second-order valence-corrected chi connectivity index (χ2v) is 6.54. The van der Waals surface area contributed by atoms with Crippen molar-refractivity contribution in [3.63, 3.8) is 0 Å². The fraction of sp³-hybridized carbons (Fsp3) is 0.917. The minimum atomic E-state index is -0.991. The van der Waals surface area contributed by atoms with Crippen molar-refractivity contribution in [1.82, 2.24) is 0 Å². The van der Waals surface area contributed by atoms with E-state index in [1.807, 2.05) is 0 Å². The fourth-order valence-corrected chi connectivity index (χ4v) is 2.29. The summed E-state index contributed by atoms with van der Waals surface area (Å²) in [6, 6.07) is 0. The second-order valence-electron chi connectivity index (χ2n) is 5.02. The van der Waals surface area contributed by atoms with Gasteiger partial charge in [0.1, 0.15) is 0 Å². The Bertz CT molecular complexity index is 146. The number of rotatable bonds is 5. The van der Waals surface area contributed by atoms with Gasteiger partial charge in [0, 0.05) is 5.97 Å². The van der Waals surface area contributed by atoms with Crippen LogP contribution in [0.4, 0.5) is 0 Å². The molecule has 0 radical (unpaired) electrons. The number of carboxylic acid groups (broad SMARTS) is 1. The summed E-state index contributed by atoms with van der Waals surface area (Å²) in [6.45, 7) is 12.4. The molecule has 0 bridgehead atoms. The molecular formula is C12H25AlO2. The number of aliphatic carboxylic acids is 1. The van der Waals surface area contributed by atoms with Crippen LogP contribution in [0.15, 0.2) is 0 Å². The third-order valence-electron chi connectivity index (χ3n) is 1.75. The third-order valence-corrected chi connectivity index (χ3v) is 4.30. The summed E-state index contributed by atoms with van der Waals surface area (Å²) in [5.41, 5.74) is 0. The van der Waals surface area contributed by atoms with Crippen LogP contribution >= 0.6 is 0 Å². The van der Waals surface area contributed by atoms with Crippen molar-refractivity contribution >= 4 is 21.2 Å². The molecule has 0 aromatic carbocycles. The normalized spacial score (nSPS) is 9.93. The maximum absolute atomic E-state index is 9.59. The first kappa shape index (κ1) is 17.4. The van der Waals surface area contributed by atoms with Gasteiger partial charge in [-0.15, -0.1) is 0 Å². The average Bonchev–Trinajstić information content (AvgIpc) is 2.03. The van der Waals surface area contributed by atoms with Gasteiger partial charge in [-0.25, -0.2) is 0 Å². The molecule has 3 heteroatoms. The molecule has 0 heterocycles. The summed E-state index contributed by atoms with van der Waals surface area (Å²) in [7, 11) is 0. The number of hydrogen-bond donors (Lipinski definition) is 0. The predicted molar refractivity (Wildman–Crippen MR) is 64.9 cm³/mol. The minimum absolute atomic E-state index is 0.343. The number of carboxylic acids is 1. The first-order chi connectivity index (χ1) is 6.77. The Morgan fingerprint density at radius 3 is 1.40 bits per heavy atom. The molecular weight excluding hydrogens is 203 g/mol. The fourth-order valence-electron chi connectivity index (χ4n) is 0.763. The van der Waals surface area contributed by atoms with Crippen molar-refractivity contribution in [2.24, 2.45) is 17.8 Å². The van der Waals surface area contributed by atoms with Gasteiger partial charge in [0.25, 0.3) is 0 Å². The number of carbonyl (C=O) groups is 1. The molecule has 0 amide bonds. The monoisotopic (exact) mass is 228 g/mol. The van der Waals surface area contributed by atoms with Crippen molar-refractivity contribution in [3.05, 3.63) is 0 Å². The van der Waals surface area contributed by atoms with E-state index in [1.165, 1.54) is 10.6 Å². The van der Waals surface area contributed by atoms with Gasteiger partial charge in [0.2, 0.25) is 0 Å². The number of carbonyl (C=O) groups excluding carboxylic acids is 1. The van der Waals surface area contributed by atoms with Gasteiger partial charge < -0.3 is 9.90 Å².